The number of carbonyl (C=O) groups is 2. The van der Waals surface area contributed by atoms with Crippen LogP contribution in [0.25, 0.3) is 11.1 Å². The predicted octanol–water partition coefficient (Wildman–Crippen LogP) is 3.96. The Labute approximate surface area is 196 Å². The summed E-state index contributed by atoms with van der Waals surface area (Å²) >= 11 is 0. The first-order valence-corrected chi connectivity index (χ1v) is 12.5. The number of anilines is 1. The minimum atomic E-state index is -3.53. The standard InChI is InChI=1S/C25H22F2N2O4S/c1-34(32,33)23-7-3-2-5-19(23)17-10-13-22(20(27)15-17)29-14-4-6-21(25(29)31)28-24(30)16-8-11-18(26)12-9-16/h2-3,5,7-13,15,21H,4,6,14H2,1H3,(H,28,30). The predicted molar refractivity (Wildman–Crippen MR) is 124 cm³/mol. The van der Waals surface area contributed by atoms with Crippen molar-refractivity contribution in [2.24, 2.45) is 0 Å². The van der Waals surface area contributed by atoms with Crippen molar-refractivity contribution in [1.29, 1.82) is 0 Å². The lowest BCUT2D eigenvalue weighted by atomic mass is 10.0. The van der Waals surface area contributed by atoms with Gasteiger partial charge in [0.05, 0.1) is 10.6 Å². The highest BCUT2D eigenvalue weighted by molar-refractivity contribution is 7.90. The van der Waals surface area contributed by atoms with Crippen LogP contribution in [0.1, 0.15) is 23.2 Å². The van der Waals surface area contributed by atoms with E-state index in [-0.39, 0.29) is 22.7 Å². The van der Waals surface area contributed by atoms with Crippen molar-refractivity contribution >= 4 is 27.3 Å². The van der Waals surface area contributed by atoms with Crippen molar-refractivity contribution in [3.8, 4) is 11.1 Å². The van der Waals surface area contributed by atoms with Crippen LogP contribution >= 0.6 is 0 Å². The number of rotatable bonds is 5. The van der Waals surface area contributed by atoms with E-state index in [4.69, 9.17) is 0 Å². The fourth-order valence-electron chi connectivity index (χ4n) is 4.01. The highest BCUT2D eigenvalue weighted by atomic mass is 32.2. The van der Waals surface area contributed by atoms with E-state index in [0.29, 0.717) is 24.0 Å². The van der Waals surface area contributed by atoms with Crippen LogP contribution in [0.2, 0.25) is 0 Å². The van der Waals surface area contributed by atoms with E-state index in [0.717, 1.165) is 18.4 Å². The minimum absolute atomic E-state index is 0.0475. The summed E-state index contributed by atoms with van der Waals surface area (Å²) in [6, 6.07) is 14.6. The Hall–Kier alpha value is -3.59. The van der Waals surface area contributed by atoms with Gasteiger partial charge in [0.15, 0.2) is 9.84 Å². The zero-order valence-electron chi connectivity index (χ0n) is 18.3. The summed E-state index contributed by atoms with van der Waals surface area (Å²) in [7, 11) is -3.53. The highest BCUT2D eigenvalue weighted by Gasteiger charge is 2.32. The van der Waals surface area contributed by atoms with E-state index in [9.17, 15) is 22.4 Å². The molecule has 0 spiro atoms. The monoisotopic (exact) mass is 484 g/mol. The smallest absolute Gasteiger partial charge is 0.251 e. The highest BCUT2D eigenvalue weighted by Crippen LogP contribution is 2.32. The molecule has 34 heavy (non-hydrogen) atoms. The van der Waals surface area contributed by atoms with Gasteiger partial charge in [0.2, 0.25) is 5.91 Å². The molecule has 2 amide bonds. The van der Waals surface area contributed by atoms with E-state index in [1.807, 2.05) is 0 Å². The Bertz CT molecular complexity index is 1360. The SMILES string of the molecule is CS(=O)(=O)c1ccccc1-c1ccc(N2CCCC(NC(=O)c3ccc(F)cc3)C2=O)c(F)c1. The van der Waals surface area contributed by atoms with Gasteiger partial charge in [0, 0.05) is 23.9 Å². The zero-order valence-corrected chi connectivity index (χ0v) is 19.1. The first kappa shape index (κ1) is 23.6. The number of amides is 2. The first-order chi connectivity index (χ1) is 16.1. The van der Waals surface area contributed by atoms with Crippen LogP contribution in [0.3, 0.4) is 0 Å². The average Bonchev–Trinajstić information content (AvgIpc) is 2.80. The second-order valence-corrected chi connectivity index (χ2v) is 10.1. The van der Waals surface area contributed by atoms with Gasteiger partial charge in [-0.2, -0.15) is 0 Å². The van der Waals surface area contributed by atoms with Crippen molar-refractivity contribution < 1.29 is 26.8 Å². The molecule has 0 aliphatic carbocycles. The minimum Gasteiger partial charge on any atom is -0.340 e. The number of nitrogens with zero attached hydrogens (tertiary/aromatic N) is 1. The maximum absolute atomic E-state index is 15.1. The van der Waals surface area contributed by atoms with Gasteiger partial charge in [-0.3, -0.25) is 9.59 Å². The van der Waals surface area contributed by atoms with Gasteiger partial charge in [0.25, 0.3) is 5.91 Å². The van der Waals surface area contributed by atoms with Gasteiger partial charge in [-0.05, 0) is 60.9 Å². The number of piperidine rings is 1. The Morgan fingerprint density at radius 3 is 2.41 bits per heavy atom. The maximum Gasteiger partial charge on any atom is 0.251 e. The number of hydrogen-bond donors (Lipinski definition) is 1. The zero-order chi connectivity index (χ0) is 24.5. The van der Waals surface area contributed by atoms with E-state index < -0.39 is 39.3 Å². The molecule has 1 fully saturated rings. The molecule has 1 saturated heterocycles. The largest absolute Gasteiger partial charge is 0.340 e. The third-order valence-electron chi connectivity index (χ3n) is 5.69. The van der Waals surface area contributed by atoms with Crippen LogP contribution < -0.4 is 10.2 Å². The summed E-state index contributed by atoms with van der Waals surface area (Å²) in [5.74, 6) is -2.13. The van der Waals surface area contributed by atoms with E-state index in [1.165, 1.54) is 35.2 Å². The van der Waals surface area contributed by atoms with E-state index in [1.54, 1.807) is 24.3 Å². The molecule has 6 nitrogen and oxygen atoms in total. The Morgan fingerprint density at radius 1 is 1.03 bits per heavy atom. The van der Waals surface area contributed by atoms with Crippen LogP contribution in [0, 0.1) is 11.6 Å². The Balaban J connectivity index is 1.57. The van der Waals surface area contributed by atoms with Gasteiger partial charge in [-0.15, -0.1) is 0 Å². The molecule has 9 heteroatoms. The summed E-state index contributed by atoms with van der Waals surface area (Å²) in [6.07, 6.45) is 2.02. The summed E-state index contributed by atoms with van der Waals surface area (Å²) in [5, 5.41) is 2.64. The molecule has 1 aliphatic rings. The molecule has 4 rings (SSSR count). The summed E-state index contributed by atoms with van der Waals surface area (Å²) in [4.78, 5) is 26.9. The number of hydrogen-bond acceptors (Lipinski definition) is 4. The molecule has 0 radical (unpaired) electrons. The molecule has 3 aromatic carbocycles. The van der Waals surface area contributed by atoms with Gasteiger partial charge in [-0.1, -0.05) is 24.3 Å². The molecule has 176 valence electrons. The summed E-state index contributed by atoms with van der Waals surface area (Å²) in [6.45, 7) is 0.276. The first-order valence-electron chi connectivity index (χ1n) is 10.6. The molecular weight excluding hydrogens is 462 g/mol. The molecule has 0 saturated carbocycles. The lowest BCUT2D eigenvalue weighted by molar-refractivity contribution is -0.121. The van der Waals surface area contributed by atoms with Gasteiger partial charge >= 0.3 is 0 Å². The lowest BCUT2D eigenvalue weighted by Crippen LogP contribution is -2.52. The maximum atomic E-state index is 15.1. The topological polar surface area (TPSA) is 83.6 Å². The van der Waals surface area contributed by atoms with Crippen LogP contribution in [-0.4, -0.2) is 39.1 Å². The van der Waals surface area contributed by atoms with Crippen molar-refractivity contribution in [1.82, 2.24) is 5.32 Å². The van der Waals surface area contributed by atoms with Gasteiger partial charge < -0.3 is 10.2 Å². The van der Waals surface area contributed by atoms with Crippen molar-refractivity contribution in [2.75, 3.05) is 17.7 Å². The normalized spacial score (nSPS) is 16.4. The van der Waals surface area contributed by atoms with E-state index >= 15 is 4.39 Å². The van der Waals surface area contributed by atoms with Crippen molar-refractivity contribution in [3.05, 3.63) is 83.9 Å². The number of nitrogens with one attached hydrogen (secondary N) is 1. The van der Waals surface area contributed by atoms with Crippen LogP contribution in [-0.2, 0) is 14.6 Å². The number of halogens is 2. The molecule has 1 heterocycles. The van der Waals surface area contributed by atoms with Gasteiger partial charge in [-0.25, -0.2) is 17.2 Å². The third kappa shape index (κ3) is 4.84. The Kier molecular flexibility index (Phi) is 6.47. The summed E-state index contributed by atoms with van der Waals surface area (Å²) in [5.41, 5.74) is 0.996. The van der Waals surface area contributed by atoms with E-state index in [2.05, 4.69) is 5.32 Å². The lowest BCUT2D eigenvalue weighted by Gasteiger charge is -2.33. The van der Waals surface area contributed by atoms with Crippen molar-refractivity contribution in [3.63, 3.8) is 0 Å². The third-order valence-corrected chi connectivity index (χ3v) is 6.84. The number of sulfone groups is 1. The molecule has 3 aromatic rings. The quantitative estimate of drug-likeness (QED) is 0.594. The number of carbonyl (C=O) groups excluding carboxylic acids is 2. The molecule has 1 unspecified atom stereocenters. The molecule has 1 atom stereocenters. The molecule has 1 N–H and O–H groups in total. The molecule has 0 bridgehead atoms. The second-order valence-electron chi connectivity index (χ2n) is 8.10. The van der Waals surface area contributed by atoms with Crippen LogP contribution in [0.5, 0.6) is 0 Å². The van der Waals surface area contributed by atoms with Crippen LogP contribution in [0.4, 0.5) is 14.5 Å². The van der Waals surface area contributed by atoms with Crippen molar-refractivity contribution in [2.45, 2.75) is 23.8 Å². The second kappa shape index (κ2) is 9.34. The fraction of sp³-hybridized carbons (Fsp3) is 0.200. The summed E-state index contributed by atoms with van der Waals surface area (Å²) < 4.78 is 52.5. The molecule has 1 aliphatic heterocycles. The van der Waals surface area contributed by atoms with Gasteiger partial charge in [0.1, 0.15) is 17.7 Å². The molecule has 0 aromatic heterocycles. The fourth-order valence-corrected chi connectivity index (χ4v) is 4.92. The van der Waals surface area contributed by atoms with Crippen LogP contribution in [0.15, 0.2) is 71.6 Å². The number of benzene rings is 3. The Morgan fingerprint density at radius 2 is 1.74 bits per heavy atom. The molecular formula is C25H22F2N2O4S. The average molecular weight is 485 g/mol.